The van der Waals surface area contributed by atoms with Crippen LogP contribution in [0.3, 0.4) is 0 Å². The zero-order valence-corrected chi connectivity index (χ0v) is 20.8. The second-order valence-electron chi connectivity index (χ2n) is 8.34. The lowest BCUT2D eigenvalue weighted by Gasteiger charge is -2.20. The number of halogens is 1. The van der Waals surface area contributed by atoms with Crippen molar-refractivity contribution in [2.75, 3.05) is 0 Å². The van der Waals surface area contributed by atoms with Crippen LogP contribution in [-0.2, 0) is 4.79 Å². The van der Waals surface area contributed by atoms with Gasteiger partial charge in [0.15, 0.2) is 5.84 Å². The first-order valence-electron chi connectivity index (χ1n) is 10.8. The minimum atomic E-state index is -0.437. The number of fused-ring (bicyclic) bond motifs is 1. The molecule has 2 aliphatic rings. The van der Waals surface area contributed by atoms with Crippen molar-refractivity contribution in [3.63, 3.8) is 0 Å². The maximum Gasteiger partial charge on any atom is 0.283 e. The number of hydrazone groups is 1. The predicted molar refractivity (Wildman–Crippen MR) is 140 cm³/mol. The molecule has 1 N–H and O–H groups in total. The number of hydrogen-bond donors (Lipinski definition) is 1. The molecule has 6 nitrogen and oxygen atoms in total. The molecule has 2 aliphatic heterocycles. The third kappa shape index (κ3) is 3.71. The lowest BCUT2D eigenvalue weighted by atomic mass is 10.1. The number of thioether (sulfide) groups is 1. The Labute approximate surface area is 207 Å². The van der Waals surface area contributed by atoms with E-state index in [9.17, 15) is 4.79 Å². The van der Waals surface area contributed by atoms with Crippen molar-refractivity contribution in [2.45, 2.75) is 27.7 Å². The van der Waals surface area contributed by atoms with Gasteiger partial charge in [-0.3, -0.25) is 10.2 Å². The molecule has 1 amide bonds. The molecule has 0 atom stereocenters. The van der Waals surface area contributed by atoms with Crippen LogP contribution in [0.25, 0.3) is 11.8 Å². The summed E-state index contributed by atoms with van der Waals surface area (Å²) in [6.45, 7) is 8.00. The van der Waals surface area contributed by atoms with Gasteiger partial charge in [-0.1, -0.05) is 41.4 Å². The standard InChI is InChI=1S/C26H22ClN5OS/c1-14-7-5-8-18(11-14)25-30-32-23(28)20(24(33)29-26(32)34-25)13-19-12-15(2)31(17(19)4)22-10-6-9-21(27)16(22)3/h5-13,28H,1-4H3. The van der Waals surface area contributed by atoms with Gasteiger partial charge in [0.1, 0.15) is 5.04 Å². The molecule has 0 aliphatic carbocycles. The number of nitrogens with zero attached hydrogens (tertiary/aromatic N) is 4. The van der Waals surface area contributed by atoms with E-state index in [0.29, 0.717) is 10.2 Å². The van der Waals surface area contributed by atoms with E-state index in [1.54, 1.807) is 6.08 Å². The van der Waals surface area contributed by atoms with Crippen LogP contribution >= 0.6 is 23.4 Å². The normalized spacial score (nSPS) is 16.7. The number of hydrogen-bond acceptors (Lipinski definition) is 4. The van der Waals surface area contributed by atoms with Crippen LogP contribution in [0.1, 0.15) is 33.6 Å². The van der Waals surface area contributed by atoms with E-state index in [0.717, 1.165) is 44.4 Å². The van der Waals surface area contributed by atoms with Crippen LogP contribution < -0.4 is 0 Å². The van der Waals surface area contributed by atoms with Gasteiger partial charge in [0, 0.05) is 27.7 Å². The van der Waals surface area contributed by atoms with Gasteiger partial charge in [-0.25, -0.2) is 0 Å². The maximum atomic E-state index is 12.9. The molecule has 34 heavy (non-hydrogen) atoms. The van der Waals surface area contributed by atoms with Crippen molar-refractivity contribution < 1.29 is 4.79 Å². The van der Waals surface area contributed by atoms with Crippen LogP contribution in [0, 0.1) is 33.1 Å². The van der Waals surface area contributed by atoms with E-state index in [1.165, 1.54) is 16.8 Å². The first-order valence-corrected chi connectivity index (χ1v) is 12.0. The fourth-order valence-electron chi connectivity index (χ4n) is 4.19. The third-order valence-corrected chi connectivity index (χ3v) is 7.34. The number of rotatable bonds is 3. The quantitative estimate of drug-likeness (QED) is 0.458. The lowest BCUT2D eigenvalue weighted by molar-refractivity contribution is -0.114. The van der Waals surface area contributed by atoms with Crippen LogP contribution in [0.5, 0.6) is 0 Å². The van der Waals surface area contributed by atoms with Crippen molar-refractivity contribution in [1.82, 2.24) is 9.58 Å². The highest BCUT2D eigenvalue weighted by Gasteiger charge is 2.36. The number of benzene rings is 2. The summed E-state index contributed by atoms with van der Waals surface area (Å²) in [5.41, 5.74) is 7.03. The highest BCUT2D eigenvalue weighted by atomic mass is 35.5. The molecular weight excluding hydrogens is 466 g/mol. The number of nitrogens with one attached hydrogen (secondary N) is 1. The Morgan fingerprint density at radius 3 is 2.59 bits per heavy atom. The van der Waals surface area contributed by atoms with Gasteiger partial charge in [-0.05, 0) is 80.9 Å². The van der Waals surface area contributed by atoms with Crippen LogP contribution in [0.2, 0.25) is 5.02 Å². The van der Waals surface area contributed by atoms with E-state index in [1.807, 2.05) is 76.2 Å². The van der Waals surface area contributed by atoms with E-state index in [2.05, 4.69) is 14.7 Å². The SMILES string of the molecule is Cc1cccc(C2=NN3C(=N)C(=Cc4cc(C)n(-c5cccc(Cl)c5C)c4C)C(=O)N=C3S2)c1. The summed E-state index contributed by atoms with van der Waals surface area (Å²) < 4.78 is 2.11. The molecule has 0 saturated heterocycles. The van der Waals surface area contributed by atoms with E-state index in [-0.39, 0.29) is 11.4 Å². The second kappa shape index (κ2) is 8.42. The highest BCUT2D eigenvalue weighted by Crippen LogP contribution is 2.32. The Morgan fingerprint density at radius 1 is 1.06 bits per heavy atom. The zero-order valence-electron chi connectivity index (χ0n) is 19.2. The molecule has 0 radical (unpaired) electrons. The Morgan fingerprint density at radius 2 is 1.82 bits per heavy atom. The van der Waals surface area contributed by atoms with Gasteiger partial charge in [0.05, 0.1) is 5.57 Å². The number of aryl methyl sites for hydroxylation is 2. The molecule has 3 heterocycles. The molecule has 5 rings (SSSR count). The number of amides is 1. The lowest BCUT2D eigenvalue weighted by Crippen LogP contribution is -2.35. The summed E-state index contributed by atoms with van der Waals surface area (Å²) in [6.07, 6.45) is 1.73. The van der Waals surface area contributed by atoms with Crippen molar-refractivity contribution in [3.8, 4) is 5.69 Å². The fraction of sp³-hybridized carbons (Fsp3) is 0.154. The fourth-order valence-corrected chi connectivity index (χ4v) is 5.24. The van der Waals surface area contributed by atoms with E-state index in [4.69, 9.17) is 17.0 Å². The van der Waals surface area contributed by atoms with Crippen molar-refractivity contribution in [3.05, 3.63) is 92.8 Å². The van der Waals surface area contributed by atoms with Gasteiger partial charge >= 0.3 is 0 Å². The average molecular weight is 488 g/mol. The number of aromatic nitrogens is 1. The van der Waals surface area contributed by atoms with Gasteiger partial charge in [0.25, 0.3) is 5.91 Å². The second-order valence-corrected chi connectivity index (χ2v) is 9.70. The molecule has 0 spiro atoms. The van der Waals surface area contributed by atoms with E-state index >= 15 is 0 Å². The Hall–Kier alpha value is -3.42. The summed E-state index contributed by atoms with van der Waals surface area (Å²) in [7, 11) is 0. The third-order valence-electron chi connectivity index (χ3n) is 5.97. The molecule has 170 valence electrons. The Bertz CT molecular complexity index is 1480. The van der Waals surface area contributed by atoms with Gasteiger partial charge < -0.3 is 4.57 Å². The predicted octanol–water partition coefficient (Wildman–Crippen LogP) is 6.03. The average Bonchev–Trinajstić information content (AvgIpc) is 3.34. The Kier molecular flexibility index (Phi) is 5.54. The van der Waals surface area contributed by atoms with Crippen molar-refractivity contribution in [2.24, 2.45) is 10.1 Å². The summed E-state index contributed by atoms with van der Waals surface area (Å²) in [4.78, 5) is 17.1. The molecule has 0 saturated carbocycles. The molecule has 0 fully saturated rings. The molecular formula is C26H22ClN5OS. The molecule has 0 bridgehead atoms. The van der Waals surface area contributed by atoms with Crippen molar-refractivity contribution in [1.29, 1.82) is 5.41 Å². The minimum absolute atomic E-state index is 0.0221. The van der Waals surface area contributed by atoms with Gasteiger partial charge in [-0.15, -0.1) is 0 Å². The van der Waals surface area contributed by atoms with Crippen LogP contribution in [0.4, 0.5) is 0 Å². The monoisotopic (exact) mass is 487 g/mol. The number of aliphatic imine (C=N–C) groups is 1. The molecule has 8 heteroatoms. The zero-order chi connectivity index (χ0) is 24.1. The van der Waals surface area contributed by atoms with Gasteiger partial charge in [0.2, 0.25) is 5.17 Å². The van der Waals surface area contributed by atoms with Gasteiger partial charge in [-0.2, -0.15) is 15.1 Å². The Balaban J connectivity index is 1.53. The summed E-state index contributed by atoms with van der Waals surface area (Å²) >= 11 is 7.66. The van der Waals surface area contributed by atoms with Crippen molar-refractivity contribution >= 4 is 51.4 Å². The minimum Gasteiger partial charge on any atom is -0.318 e. The summed E-state index contributed by atoms with van der Waals surface area (Å²) in [5.74, 6) is -0.415. The topological polar surface area (TPSA) is 73.8 Å². The van der Waals surface area contributed by atoms with Crippen LogP contribution in [-0.4, -0.2) is 31.5 Å². The smallest absolute Gasteiger partial charge is 0.283 e. The van der Waals surface area contributed by atoms with Crippen LogP contribution in [0.15, 0.2) is 64.2 Å². The number of carbonyl (C=O) groups excluding carboxylic acids is 1. The summed E-state index contributed by atoms with van der Waals surface area (Å²) in [5, 5.41) is 16.6. The largest absolute Gasteiger partial charge is 0.318 e. The highest BCUT2D eigenvalue weighted by molar-refractivity contribution is 8.27. The number of amidine groups is 2. The molecule has 2 aromatic carbocycles. The first-order chi connectivity index (χ1) is 16.2. The summed E-state index contributed by atoms with van der Waals surface area (Å²) in [6, 6.07) is 15.8. The molecule has 1 aromatic heterocycles. The first kappa shape index (κ1) is 22.4. The molecule has 3 aromatic rings. The molecule has 0 unspecified atom stereocenters. The number of carbonyl (C=O) groups is 1. The maximum absolute atomic E-state index is 12.9. The van der Waals surface area contributed by atoms with E-state index < -0.39 is 5.91 Å².